The summed E-state index contributed by atoms with van der Waals surface area (Å²) >= 11 is 1.46. The maximum Gasteiger partial charge on any atom is 0.303 e. The standard InChI is InChI=1S/C19H19N3O3S/c1-13-4-5-15-14(11-13)17(23)19(25)22(15)12-20-6-8-21(9-7-20)18(24)16-3-2-10-26-16/h2-5,10-11H,6-9,12H2,1H3/p+1. The number of piperazine rings is 1. The molecule has 0 saturated carbocycles. The molecule has 1 fully saturated rings. The minimum Gasteiger partial charge on any atom is -0.327 e. The number of nitrogens with one attached hydrogen (secondary N) is 1. The van der Waals surface area contributed by atoms with Crippen molar-refractivity contribution in [3.63, 3.8) is 0 Å². The summed E-state index contributed by atoms with van der Waals surface area (Å²) in [5.41, 5.74) is 2.18. The van der Waals surface area contributed by atoms with Crippen LogP contribution in [0.2, 0.25) is 0 Å². The molecule has 0 bridgehead atoms. The van der Waals surface area contributed by atoms with Crippen molar-refractivity contribution >= 4 is 34.6 Å². The molecule has 0 atom stereocenters. The van der Waals surface area contributed by atoms with Crippen LogP contribution in [-0.2, 0) is 4.79 Å². The highest BCUT2D eigenvalue weighted by molar-refractivity contribution is 7.12. The summed E-state index contributed by atoms with van der Waals surface area (Å²) in [5.74, 6) is -0.794. The predicted molar refractivity (Wildman–Crippen MR) is 98.8 cm³/mol. The van der Waals surface area contributed by atoms with Gasteiger partial charge in [0.1, 0.15) is 0 Å². The zero-order chi connectivity index (χ0) is 18.3. The van der Waals surface area contributed by atoms with Crippen molar-refractivity contribution in [2.45, 2.75) is 6.92 Å². The van der Waals surface area contributed by atoms with Gasteiger partial charge in [0.15, 0.2) is 6.67 Å². The summed E-state index contributed by atoms with van der Waals surface area (Å²) in [4.78, 5) is 42.4. The maximum absolute atomic E-state index is 12.4. The third kappa shape index (κ3) is 2.93. The van der Waals surface area contributed by atoms with E-state index in [2.05, 4.69) is 0 Å². The van der Waals surface area contributed by atoms with Gasteiger partial charge in [-0.05, 0) is 30.5 Å². The van der Waals surface area contributed by atoms with Gasteiger partial charge in [-0.15, -0.1) is 11.3 Å². The second kappa shape index (κ2) is 6.66. The van der Waals surface area contributed by atoms with Gasteiger partial charge in [0.25, 0.3) is 11.7 Å². The highest BCUT2D eigenvalue weighted by Crippen LogP contribution is 2.28. The van der Waals surface area contributed by atoms with Crippen LogP contribution in [0.3, 0.4) is 0 Å². The lowest BCUT2D eigenvalue weighted by Gasteiger charge is -2.33. The number of amides is 2. The summed E-state index contributed by atoms with van der Waals surface area (Å²) in [7, 11) is 0. The Hall–Kier alpha value is -2.51. The van der Waals surface area contributed by atoms with Gasteiger partial charge in [-0.2, -0.15) is 0 Å². The molecule has 2 amide bonds. The van der Waals surface area contributed by atoms with Gasteiger partial charge in [0, 0.05) is 0 Å². The van der Waals surface area contributed by atoms with Gasteiger partial charge < -0.3 is 9.80 Å². The summed E-state index contributed by atoms with van der Waals surface area (Å²) in [6.07, 6.45) is 0. The highest BCUT2D eigenvalue weighted by atomic mass is 32.1. The molecule has 1 aromatic carbocycles. The van der Waals surface area contributed by atoms with E-state index in [1.807, 2.05) is 41.5 Å². The smallest absolute Gasteiger partial charge is 0.303 e. The number of thiophene rings is 1. The molecule has 2 aromatic rings. The molecule has 2 aliphatic rings. The van der Waals surface area contributed by atoms with Crippen LogP contribution in [0, 0.1) is 6.92 Å². The molecule has 0 aliphatic carbocycles. The maximum atomic E-state index is 12.4. The highest BCUT2D eigenvalue weighted by Gasteiger charge is 2.38. The number of carbonyl (C=O) groups is 3. The lowest BCUT2D eigenvalue weighted by Crippen LogP contribution is -3.16. The van der Waals surface area contributed by atoms with Crippen molar-refractivity contribution in [1.29, 1.82) is 0 Å². The van der Waals surface area contributed by atoms with Crippen molar-refractivity contribution in [3.8, 4) is 0 Å². The Kier molecular flexibility index (Phi) is 4.34. The molecule has 0 radical (unpaired) electrons. The van der Waals surface area contributed by atoms with Crippen molar-refractivity contribution in [1.82, 2.24) is 4.90 Å². The number of hydrogen-bond donors (Lipinski definition) is 1. The first-order chi connectivity index (χ1) is 12.5. The Balaban J connectivity index is 1.41. The molecule has 6 nitrogen and oxygen atoms in total. The number of quaternary nitrogens is 1. The van der Waals surface area contributed by atoms with E-state index in [0.717, 1.165) is 23.5 Å². The average Bonchev–Trinajstić information content (AvgIpc) is 3.26. The fraction of sp³-hybridized carbons (Fsp3) is 0.316. The summed E-state index contributed by atoms with van der Waals surface area (Å²) < 4.78 is 0. The first kappa shape index (κ1) is 16.9. The lowest BCUT2D eigenvalue weighted by atomic mass is 10.1. The predicted octanol–water partition coefficient (Wildman–Crippen LogP) is 0.584. The first-order valence-corrected chi connectivity index (χ1v) is 9.56. The second-order valence-electron chi connectivity index (χ2n) is 6.76. The minimum atomic E-state index is -0.449. The van der Waals surface area contributed by atoms with E-state index in [0.29, 0.717) is 31.0 Å². The molecule has 26 heavy (non-hydrogen) atoms. The third-order valence-electron chi connectivity index (χ3n) is 5.00. The van der Waals surface area contributed by atoms with Crippen molar-refractivity contribution < 1.29 is 19.3 Å². The van der Waals surface area contributed by atoms with Crippen LogP contribution in [0.4, 0.5) is 5.69 Å². The summed E-state index contributed by atoms with van der Waals surface area (Å²) in [6, 6.07) is 9.28. The molecular formula is C19H20N3O3S+. The number of anilines is 1. The number of carbonyl (C=O) groups excluding carboxylic acids is 3. The molecule has 2 aliphatic heterocycles. The van der Waals surface area contributed by atoms with E-state index in [1.165, 1.54) is 16.2 Å². The van der Waals surface area contributed by atoms with Crippen molar-refractivity contribution in [2.75, 3.05) is 37.7 Å². The number of benzene rings is 1. The van der Waals surface area contributed by atoms with Crippen LogP contribution in [0.1, 0.15) is 25.6 Å². The Morgan fingerprint density at radius 2 is 1.96 bits per heavy atom. The minimum absolute atomic E-state index is 0.0762. The Morgan fingerprint density at radius 3 is 2.65 bits per heavy atom. The first-order valence-electron chi connectivity index (χ1n) is 8.68. The van der Waals surface area contributed by atoms with Gasteiger partial charge in [-0.1, -0.05) is 17.7 Å². The quantitative estimate of drug-likeness (QED) is 0.805. The van der Waals surface area contributed by atoms with E-state index in [9.17, 15) is 14.4 Å². The van der Waals surface area contributed by atoms with E-state index in [4.69, 9.17) is 0 Å². The molecule has 0 unspecified atom stereocenters. The van der Waals surface area contributed by atoms with Gasteiger partial charge in [-0.3, -0.25) is 19.3 Å². The Morgan fingerprint density at radius 1 is 1.19 bits per heavy atom. The largest absolute Gasteiger partial charge is 0.327 e. The third-order valence-corrected chi connectivity index (χ3v) is 5.86. The number of Topliss-reactive ketones (excluding diaryl/α,β-unsaturated/α-hetero) is 1. The average molecular weight is 370 g/mol. The molecule has 1 N–H and O–H groups in total. The monoisotopic (exact) mass is 370 g/mol. The molecule has 0 spiro atoms. The normalized spacial score (nSPS) is 17.7. The fourth-order valence-corrected chi connectivity index (χ4v) is 4.23. The lowest BCUT2D eigenvalue weighted by molar-refractivity contribution is -0.902. The van der Waals surface area contributed by atoms with Crippen LogP contribution in [-0.4, -0.2) is 55.3 Å². The molecule has 4 rings (SSSR count). The summed E-state index contributed by atoms with van der Waals surface area (Å²) in [5, 5.41) is 1.91. The number of fused-ring (bicyclic) bond motifs is 1. The van der Waals surface area contributed by atoms with Crippen molar-refractivity contribution in [2.24, 2.45) is 0 Å². The van der Waals surface area contributed by atoms with Crippen LogP contribution in [0.15, 0.2) is 35.7 Å². The summed E-state index contributed by atoms with van der Waals surface area (Å²) in [6.45, 7) is 5.20. The molecule has 1 aromatic heterocycles. The Labute approximate surface area is 155 Å². The number of nitrogens with zero attached hydrogens (tertiary/aromatic N) is 2. The van der Waals surface area contributed by atoms with Crippen LogP contribution < -0.4 is 9.80 Å². The second-order valence-corrected chi connectivity index (χ2v) is 7.71. The number of aryl methyl sites for hydroxylation is 1. The SMILES string of the molecule is Cc1ccc2c(c1)C(=O)C(=O)N2C[NH+]1CCN(C(=O)c2cccs2)CC1. The van der Waals surface area contributed by atoms with E-state index in [-0.39, 0.29) is 5.91 Å². The van der Waals surface area contributed by atoms with Crippen LogP contribution in [0.5, 0.6) is 0 Å². The van der Waals surface area contributed by atoms with E-state index < -0.39 is 11.7 Å². The number of ketones is 1. The fourth-order valence-electron chi connectivity index (χ4n) is 3.54. The van der Waals surface area contributed by atoms with E-state index >= 15 is 0 Å². The van der Waals surface area contributed by atoms with E-state index in [1.54, 1.807) is 11.0 Å². The molecule has 1 saturated heterocycles. The topological polar surface area (TPSA) is 62.1 Å². The zero-order valence-electron chi connectivity index (χ0n) is 14.5. The zero-order valence-corrected chi connectivity index (χ0v) is 15.3. The van der Waals surface area contributed by atoms with Gasteiger partial charge in [0.05, 0.1) is 42.3 Å². The Bertz CT molecular complexity index is 870. The molecule has 3 heterocycles. The molecule has 7 heteroatoms. The van der Waals surface area contributed by atoms with Crippen LogP contribution in [0.25, 0.3) is 0 Å². The molecular weight excluding hydrogens is 350 g/mol. The van der Waals surface area contributed by atoms with Gasteiger partial charge in [-0.25, -0.2) is 0 Å². The number of hydrogen-bond acceptors (Lipinski definition) is 4. The van der Waals surface area contributed by atoms with Crippen LogP contribution >= 0.6 is 11.3 Å². The molecule has 134 valence electrons. The van der Waals surface area contributed by atoms with Gasteiger partial charge >= 0.3 is 5.91 Å². The van der Waals surface area contributed by atoms with Crippen molar-refractivity contribution in [3.05, 3.63) is 51.7 Å². The number of rotatable bonds is 3. The van der Waals surface area contributed by atoms with Gasteiger partial charge in [0.2, 0.25) is 0 Å².